The summed E-state index contributed by atoms with van der Waals surface area (Å²) < 4.78 is 0. The number of nitrogens with zero attached hydrogens (tertiary/aromatic N) is 1. The molecule has 1 heterocycles. The predicted octanol–water partition coefficient (Wildman–Crippen LogP) is 1.26. The van der Waals surface area contributed by atoms with Gasteiger partial charge in [0.25, 0.3) is 5.91 Å². The predicted molar refractivity (Wildman–Crippen MR) is 93.7 cm³/mol. The summed E-state index contributed by atoms with van der Waals surface area (Å²) >= 11 is 0. The Morgan fingerprint density at radius 2 is 2.05 bits per heavy atom. The summed E-state index contributed by atoms with van der Waals surface area (Å²) in [4.78, 5) is 25.6. The van der Waals surface area contributed by atoms with Gasteiger partial charge in [0.2, 0.25) is 5.91 Å². The summed E-state index contributed by atoms with van der Waals surface area (Å²) in [5.41, 5.74) is 2.18. The molecule has 0 radical (unpaired) electrons. The molecule has 0 saturated carbocycles. The molecule has 0 aliphatic carbocycles. The smallest absolute Gasteiger partial charge is 0.251 e. The molecule has 3 N–H and O–H groups in total. The van der Waals surface area contributed by atoms with E-state index in [-0.39, 0.29) is 36.6 Å². The van der Waals surface area contributed by atoms with Crippen LogP contribution in [0.4, 0.5) is 11.4 Å². The lowest BCUT2D eigenvalue weighted by Gasteiger charge is -2.18. The van der Waals surface area contributed by atoms with Crippen LogP contribution in [0.3, 0.4) is 0 Å². The van der Waals surface area contributed by atoms with Crippen LogP contribution in [0.25, 0.3) is 0 Å². The van der Waals surface area contributed by atoms with Crippen molar-refractivity contribution in [2.24, 2.45) is 0 Å². The number of amides is 2. The van der Waals surface area contributed by atoms with Crippen molar-refractivity contribution in [3.63, 3.8) is 0 Å². The van der Waals surface area contributed by atoms with E-state index in [0.29, 0.717) is 30.8 Å². The number of anilines is 2. The average Bonchev–Trinajstić information content (AvgIpc) is 2.58. The van der Waals surface area contributed by atoms with Gasteiger partial charge in [0, 0.05) is 38.7 Å². The van der Waals surface area contributed by atoms with Gasteiger partial charge in [0.05, 0.1) is 11.4 Å². The fraction of sp³-hybridized carbons (Fsp3) is 0.429. The highest BCUT2D eigenvalue weighted by molar-refractivity contribution is 6.00. The summed E-state index contributed by atoms with van der Waals surface area (Å²) in [5.74, 6) is -0.160. The minimum absolute atomic E-state index is 0. The fourth-order valence-electron chi connectivity index (χ4n) is 2.12. The molecule has 2 rings (SSSR count). The first-order valence-electron chi connectivity index (χ1n) is 6.69. The molecule has 1 aliphatic heterocycles. The number of fused-ring (bicyclic) bond motifs is 1. The van der Waals surface area contributed by atoms with Gasteiger partial charge < -0.3 is 20.9 Å². The van der Waals surface area contributed by atoms with Gasteiger partial charge >= 0.3 is 0 Å². The summed E-state index contributed by atoms with van der Waals surface area (Å²) in [6, 6.07) is 5.37. The second-order valence-electron chi connectivity index (χ2n) is 4.81. The van der Waals surface area contributed by atoms with Crippen molar-refractivity contribution in [1.82, 2.24) is 10.6 Å². The maximum atomic E-state index is 12.0. The molecule has 0 atom stereocenters. The molecule has 2 amide bonds. The zero-order valence-electron chi connectivity index (χ0n) is 12.6. The molecular formula is C14H22Cl2N4O2. The molecule has 0 bridgehead atoms. The van der Waals surface area contributed by atoms with Crippen molar-refractivity contribution >= 4 is 48.0 Å². The average molecular weight is 349 g/mol. The lowest BCUT2D eigenvalue weighted by molar-refractivity contribution is -0.115. The molecule has 8 heteroatoms. The number of likely N-dealkylation sites (N-methyl/N-ethyl adjacent to an activating group) is 1. The van der Waals surface area contributed by atoms with E-state index in [1.54, 1.807) is 12.1 Å². The summed E-state index contributed by atoms with van der Waals surface area (Å²) in [6.07, 6.45) is 0.453. The number of carbonyl (C=O) groups is 2. The Bertz CT molecular complexity index is 526. The number of hydrogen-bond acceptors (Lipinski definition) is 4. The minimum atomic E-state index is -0.135. The SMILES string of the molecule is CNCCNC(=O)c1ccc2c(c1)NC(=O)CCN2C.Cl.Cl. The molecule has 124 valence electrons. The quantitative estimate of drug-likeness (QED) is 0.716. The Balaban J connectivity index is 0.00000220. The van der Waals surface area contributed by atoms with Crippen LogP contribution in [0.2, 0.25) is 0 Å². The minimum Gasteiger partial charge on any atom is -0.372 e. The molecule has 22 heavy (non-hydrogen) atoms. The number of carbonyl (C=O) groups excluding carboxylic acids is 2. The molecule has 1 aromatic rings. The number of hydrogen-bond donors (Lipinski definition) is 3. The molecular weight excluding hydrogens is 327 g/mol. The van der Waals surface area contributed by atoms with E-state index >= 15 is 0 Å². The third-order valence-electron chi connectivity index (χ3n) is 3.28. The van der Waals surface area contributed by atoms with E-state index in [0.717, 1.165) is 12.2 Å². The molecule has 1 aliphatic rings. The van der Waals surface area contributed by atoms with Gasteiger partial charge in [-0.25, -0.2) is 0 Å². The highest BCUT2D eigenvalue weighted by Crippen LogP contribution is 2.28. The first kappa shape index (κ1) is 20.5. The van der Waals surface area contributed by atoms with Crippen LogP contribution in [0.15, 0.2) is 18.2 Å². The van der Waals surface area contributed by atoms with Gasteiger partial charge in [0.15, 0.2) is 0 Å². The number of halogens is 2. The lowest BCUT2D eigenvalue weighted by Crippen LogP contribution is -2.30. The molecule has 0 fully saturated rings. The zero-order valence-corrected chi connectivity index (χ0v) is 14.3. The third-order valence-corrected chi connectivity index (χ3v) is 3.28. The van der Waals surface area contributed by atoms with Crippen LogP contribution in [-0.4, -0.2) is 45.5 Å². The molecule has 0 unspecified atom stereocenters. The van der Waals surface area contributed by atoms with Crippen molar-refractivity contribution in [2.45, 2.75) is 6.42 Å². The second-order valence-corrected chi connectivity index (χ2v) is 4.81. The van der Waals surface area contributed by atoms with E-state index < -0.39 is 0 Å². The molecule has 0 spiro atoms. The van der Waals surface area contributed by atoms with Crippen LogP contribution in [0, 0.1) is 0 Å². The fourth-order valence-corrected chi connectivity index (χ4v) is 2.12. The van der Waals surface area contributed by atoms with Crippen LogP contribution in [0.1, 0.15) is 16.8 Å². The molecule has 1 aromatic carbocycles. The van der Waals surface area contributed by atoms with Crippen molar-refractivity contribution in [3.8, 4) is 0 Å². The Morgan fingerprint density at radius 1 is 1.32 bits per heavy atom. The molecule has 0 saturated heterocycles. The summed E-state index contributed by atoms with van der Waals surface area (Å²) in [7, 11) is 3.77. The first-order valence-corrected chi connectivity index (χ1v) is 6.69. The Kier molecular flexibility index (Phi) is 8.86. The second kappa shape index (κ2) is 9.50. The topological polar surface area (TPSA) is 73.5 Å². The van der Waals surface area contributed by atoms with Gasteiger partial charge in [-0.1, -0.05) is 0 Å². The molecule has 0 aromatic heterocycles. The number of rotatable bonds is 4. The maximum Gasteiger partial charge on any atom is 0.251 e. The maximum absolute atomic E-state index is 12.0. The summed E-state index contributed by atoms with van der Waals surface area (Å²) in [5, 5.41) is 8.63. The summed E-state index contributed by atoms with van der Waals surface area (Å²) in [6.45, 7) is 1.96. The van der Waals surface area contributed by atoms with E-state index in [4.69, 9.17) is 0 Å². The standard InChI is InChI=1S/C14H20N4O2.2ClH/c1-15-6-7-16-14(20)10-3-4-12-11(9-10)17-13(19)5-8-18(12)2;;/h3-4,9,15H,5-8H2,1-2H3,(H,16,20)(H,17,19);2*1H. The van der Waals surface area contributed by atoms with Crippen molar-refractivity contribution in [3.05, 3.63) is 23.8 Å². The normalized spacial score (nSPS) is 13.0. The molecule has 6 nitrogen and oxygen atoms in total. The Labute approximate surface area is 142 Å². The van der Waals surface area contributed by atoms with E-state index in [1.807, 2.05) is 25.1 Å². The largest absolute Gasteiger partial charge is 0.372 e. The number of benzene rings is 1. The highest BCUT2D eigenvalue weighted by Gasteiger charge is 2.18. The number of nitrogens with one attached hydrogen (secondary N) is 3. The first-order chi connectivity index (χ1) is 9.61. The Morgan fingerprint density at radius 3 is 2.73 bits per heavy atom. The van der Waals surface area contributed by atoms with E-state index in [2.05, 4.69) is 16.0 Å². The lowest BCUT2D eigenvalue weighted by atomic mass is 10.1. The van der Waals surface area contributed by atoms with Crippen molar-refractivity contribution in [2.75, 3.05) is 43.9 Å². The van der Waals surface area contributed by atoms with Crippen LogP contribution in [-0.2, 0) is 4.79 Å². The Hall–Kier alpha value is -1.50. The van der Waals surface area contributed by atoms with Crippen molar-refractivity contribution in [1.29, 1.82) is 0 Å². The van der Waals surface area contributed by atoms with E-state index in [9.17, 15) is 9.59 Å². The van der Waals surface area contributed by atoms with Gasteiger partial charge in [-0.2, -0.15) is 0 Å². The van der Waals surface area contributed by atoms with Gasteiger partial charge in [-0.15, -0.1) is 24.8 Å². The zero-order chi connectivity index (χ0) is 14.5. The van der Waals surface area contributed by atoms with Crippen LogP contribution < -0.4 is 20.9 Å². The third kappa shape index (κ3) is 5.05. The van der Waals surface area contributed by atoms with Gasteiger partial charge in [-0.05, 0) is 25.2 Å². The monoisotopic (exact) mass is 348 g/mol. The van der Waals surface area contributed by atoms with Crippen LogP contribution in [0.5, 0.6) is 0 Å². The van der Waals surface area contributed by atoms with Crippen molar-refractivity contribution < 1.29 is 9.59 Å². The van der Waals surface area contributed by atoms with Gasteiger partial charge in [0.1, 0.15) is 0 Å². The van der Waals surface area contributed by atoms with Crippen LogP contribution >= 0.6 is 24.8 Å². The highest BCUT2D eigenvalue weighted by atomic mass is 35.5. The van der Waals surface area contributed by atoms with Gasteiger partial charge in [-0.3, -0.25) is 9.59 Å². The van der Waals surface area contributed by atoms with E-state index in [1.165, 1.54) is 0 Å².